The van der Waals surface area contributed by atoms with E-state index in [-0.39, 0.29) is 5.70 Å². The summed E-state index contributed by atoms with van der Waals surface area (Å²) in [5.74, 6) is -4.40. The average Bonchev–Trinajstić information content (AvgIpc) is 2.33. The average molecular weight is 306 g/mol. The number of azide groups is 1. The number of carbonyl (C=O) groups is 3. The van der Waals surface area contributed by atoms with Crippen LogP contribution in [0, 0.1) is 5.92 Å². The van der Waals surface area contributed by atoms with Crippen LogP contribution >= 0.6 is 11.6 Å². The van der Waals surface area contributed by atoms with Gasteiger partial charge in [0.25, 0.3) is 0 Å². The van der Waals surface area contributed by atoms with E-state index >= 15 is 0 Å². The zero-order chi connectivity index (χ0) is 15.7. The van der Waals surface area contributed by atoms with Crippen LogP contribution in [0.3, 0.4) is 0 Å². The first-order chi connectivity index (χ1) is 9.33. The number of halogens is 1. The zero-order valence-corrected chi connectivity index (χ0v) is 11.4. The van der Waals surface area contributed by atoms with E-state index in [4.69, 9.17) is 27.0 Å². The van der Waals surface area contributed by atoms with Gasteiger partial charge >= 0.3 is 17.9 Å². The highest BCUT2D eigenvalue weighted by Crippen LogP contribution is 2.21. The molecule has 0 aromatic rings. The molecule has 0 heterocycles. The lowest BCUT2D eigenvalue weighted by Crippen LogP contribution is -2.36. The lowest BCUT2D eigenvalue weighted by atomic mass is 10.0. The molecule has 0 saturated heterocycles. The normalized spacial score (nSPS) is 13.7. The van der Waals surface area contributed by atoms with Crippen molar-refractivity contribution in [3.8, 4) is 0 Å². The minimum absolute atomic E-state index is 0.316. The van der Waals surface area contributed by atoms with Crippen molar-refractivity contribution >= 4 is 29.5 Å². The summed E-state index contributed by atoms with van der Waals surface area (Å²) in [6.45, 7) is 1.56. The Balaban J connectivity index is 5.40. The molecule has 10 heteroatoms. The van der Waals surface area contributed by atoms with E-state index in [1.54, 1.807) is 0 Å². The SMILES string of the molecule is CC(=O)OC[C@@H](C(=O)O)[C@@H](OC(C)=O)/C(=C/Cl)N=[N+]=[N-]. The second-order valence-electron chi connectivity index (χ2n) is 3.50. The molecule has 0 radical (unpaired) electrons. The minimum atomic E-state index is -1.47. The van der Waals surface area contributed by atoms with Crippen LogP contribution in [0.4, 0.5) is 0 Å². The Morgan fingerprint density at radius 1 is 1.40 bits per heavy atom. The highest BCUT2D eigenvalue weighted by molar-refractivity contribution is 6.25. The first-order valence-corrected chi connectivity index (χ1v) is 5.65. The molecule has 0 saturated carbocycles. The molecule has 9 nitrogen and oxygen atoms in total. The van der Waals surface area contributed by atoms with Crippen LogP contribution in [0.5, 0.6) is 0 Å². The Morgan fingerprint density at radius 2 is 2.00 bits per heavy atom. The van der Waals surface area contributed by atoms with Gasteiger partial charge in [-0.2, -0.15) is 0 Å². The molecule has 0 aromatic heterocycles. The van der Waals surface area contributed by atoms with Crippen LogP contribution in [-0.4, -0.2) is 35.7 Å². The number of hydrogen-bond acceptors (Lipinski definition) is 6. The molecular formula is C10H12ClN3O6. The molecule has 0 amide bonds. The summed E-state index contributed by atoms with van der Waals surface area (Å²) >= 11 is 5.42. The van der Waals surface area contributed by atoms with Crippen molar-refractivity contribution in [3.63, 3.8) is 0 Å². The van der Waals surface area contributed by atoms with E-state index in [9.17, 15) is 14.4 Å². The molecule has 0 aromatic carbocycles. The van der Waals surface area contributed by atoms with Crippen LogP contribution in [0.25, 0.3) is 10.4 Å². The zero-order valence-electron chi connectivity index (χ0n) is 10.6. The van der Waals surface area contributed by atoms with E-state index < -0.39 is 36.5 Å². The number of carbonyl (C=O) groups excluding carboxylic acids is 2. The number of carboxylic acid groups (broad SMARTS) is 1. The molecule has 1 N–H and O–H groups in total. The van der Waals surface area contributed by atoms with Crippen molar-refractivity contribution in [1.29, 1.82) is 0 Å². The summed E-state index contributed by atoms with van der Waals surface area (Å²) in [7, 11) is 0. The topological polar surface area (TPSA) is 139 Å². The number of carboxylic acids is 1. The first-order valence-electron chi connectivity index (χ1n) is 5.22. The lowest BCUT2D eigenvalue weighted by molar-refractivity contribution is -0.159. The van der Waals surface area contributed by atoms with E-state index in [0.29, 0.717) is 0 Å². The predicted molar refractivity (Wildman–Crippen MR) is 66.4 cm³/mol. The summed E-state index contributed by atoms with van der Waals surface area (Å²) < 4.78 is 9.37. The number of esters is 2. The van der Waals surface area contributed by atoms with E-state index in [1.165, 1.54) is 0 Å². The van der Waals surface area contributed by atoms with Crippen LogP contribution in [0.2, 0.25) is 0 Å². The van der Waals surface area contributed by atoms with Gasteiger partial charge in [0.2, 0.25) is 0 Å². The summed E-state index contributed by atoms with van der Waals surface area (Å²) in [4.78, 5) is 35.4. The van der Waals surface area contributed by atoms with Gasteiger partial charge in [-0.1, -0.05) is 16.7 Å². The molecule has 20 heavy (non-hydrogen) atoms. The summed E-state index contributed by atoms with van der Waals surface area (Å²) in [5.41, 5.74) is 8.85. The van der Waals surface area contributed by atoms with Gasteiger partial charge in [0, 0.05) is 24.3 Å². The second kappa shape index (κ2) is 8.78. The fourth-order valence-electron chi connectivity index (χ4n) is 1.22. The largest absolute Gasteiger partial charge is 0.481 e. The van der Waals surface area contributed by atoms with Gasteiger partial charge in [0.15, 0.2) is 0 Å². The Hall–Kier alpha value is -2.25. The Morgan fingerprint density at radius 3 is 2.35 bits per heavy atom. The van der Waals surface area contributed by atoms with Crippen LogP contribution in [0.1, 0.15) is 13.8 Å². The third-order valence-electron chi connectivity index (χ3n) is 2.01. The number of aliphatic carboxylic acids is 1. The van der Waals surface area contributed by atoms with E-state index in [1.807, 2.05) is 0 Å². The van der Waals surface area contributed by atoms with Crippen molar-refractivity contribution in [2.75, 3.05) is 6.61 Å². The van der Waals surface area contributed by atoms with Crippen LogP contribution in [0.15, 0.2) is 16.3 Å². The number of nitrogens with zero attached hydrogens (tertiary/aromatic N) is 3. The Kier molecular flexibility index (Phi) is 7.80. The van der Waals surface area contributed by atoms with Crippen LogP contribution in [-0.2, 0) is 23.9 Å². The van der Waals surface area contributed by atoms with E-state index in [0.717, 1.165) is 19.4 Å². The quantitative estimate of drug-likeness (QED) is 0.328. The van der Waals surface area contributed by atoms with Gasteiger partial charge in [-0.3, -0.25) is 14.4 Å². The van der Waals surface area contributed by atoms with Crippen LogP contribution < -0.4 is 0 Å². The third-order valence-corrected chi connectivity index (χ3v) is 2.23. The predicted octanol–water partition coefficient (Wildman–Crippen LogP) is 1.57. The molecule has 110 valence electrons. The van der Waals surface area contributed by atoms with Gasteiger partial charge in [-0.15, -0.1) is 0 Å². The molecule has 0 rings (SSSR count). The van der Waals surface area contributed by atoms with Crippen molar-refractivity contribution in [2.24, 2.45) is 11.0 Å². The highest BCUT2D eigenvalue weighted by Gasteiger charge is 2.34. The maximum Gasteiger partial charge on any atom is 0.314 e. The summed E-state index contributed by atoms with van der Waals surface area (Å²) in [6.07, 6.45) is -1.47. The minimum Gasteiger partial charge on any atom is -0.481 e. The van der Waals surface area contributed by atoms with Crippen molar-refractivity contribution < 1.29 is 29.0 Å². The molecule has 0 aliphatic carbocycles. The van der Waals surface area contributed by atoms with Gasteiger partial charge in [-0.25, -0.2) is 0 Å². The monoisotopic (exact) mass is 305 g/mol. The molecule has 0 bridgehead atoms. The first kappa shape index (κ1) is 17.8. The smallest absolute Gasteiger partial charge is 0.314 e. The molecule has 0 unspecified atom stereocenters. The van der Waals surface area contributed by atoms with Gasteiger partial charge in [0.05, 0.1) is 5.70 Å². The van der Waals surface area contributed by atoms with Crippen molar-refractivity contribution in [1.82, 2.24) is 0 Å². The van der Waals surface area contributed by atoms with E-state index in [2.05, 4.69) is 14.8 Å². The van der Waals surface area contributed by atoms with Gasteiger partial charge in [-0.05, 0) is 5.53 Å². The number of rotatable bonds is 7. The maximum atomic E-state index is 11.2. The van der Waals surface area contributed by atoms with Gasteiger partial charge in [0.1, 0.15) is 18.6 Å². The fraction of sp³-hybridized carbons (Fsp3) is 0.500. The fourth-order valence-corrected chi connectivity index (χ4v) is 1.38. The molecular weight excluding hydrogens is 294 g/mol. The third kappa shape index (κ3) is 6.07. The second-order valence-corrected chi connectivity index (χ2v) is 3.72. The maximum absolute atomic E-state index is 11.2. The molecule has 0 aliphatic rings. The number of hydrogen-bond donors (Lipinski definition) is 1. The highest BCUT2D eigenvalue weighted by atomic mass is 35.5. The molecule has 0 aliphatic heterocycles. The lowest BCUT2D eigenvalue weighted by Gasteiger charge is -2.23. The standard InChI is InChI=1S/C10H12ClN3O6/c1-5(15)19-4-7(10(17)18)9(20-6(2)16)8(3-11)13-14-12/h3,7,9H,4H2,1-2H3,(H,17,18)/b8-3-/t7-,9-/m1/s1. The summed E-state index contributed by atoms with van der Waals surface area (Å²) in [5, 5.41) is 12.2. The van der Waals surface area contributed by atoms with Gasteiger partial charge < -0.3 is 14.6 Å². The van der Waals surface area contributed by atoms with Crippen molar-refractivity contribution in [2.45, 2.75) is 20.0 Å². The van der Waals surface area contributed by atoms with Crippen molar-refractivity contribution in [3.05, 3.63) is 21.7 Å². The Bertz CT molecular complexity index is 472. The Labute approximate surface area is 118 Å². The summed E-state index contributed by atoms with van der Waals surface area (Å²) in [6, 6.07) is 0. The molecule has 0 spiro atoms. The number of ether oxygens (including phenoxy) is 2. The molecule has 0 fully saturated rings. The molecule has 2 atom stereocenters.